The Morgan fingerprint density at radius 3 is 2.72 bits per heavy atom. The van der Waals surface area contributed by atoms with Crippen LogP contribution in [0, 0.1) is 21.8 Å². The van der Waals surface area contributed by atoms with Crippen molar-refractivity contribution < 1.29 is 14.1 Å². The minimum atomic E-state index is -0.756. The molecule has 0 spiro atoms. The van der Waals surface area contributed by atoms with Crippen LogP contribution in [0.1, 0.15) is 31.7 Å². The van der Waals surface area contributed by atoms with Crippen molar-refractivity contribution in [3.63, 3.8) is 0 Å². The first-order valence-corrected chi connectivity index (χ1v) is 5.74. The Labute approximate surface area is 103 Å². The lowest BCUT2D eigenvalue weighted by Crippen LogP contribution is -2.32. The Hall–Kier alpha value is -1.98. The second-order valence-corrected chi connectivity index (χ2v) is 4.44. The van der Waals surface area contributed by atoms with Crippen LogP contribution in [0.3, 0.4) is 0 Å². The van der Waals surface area contributed by atoms with Crippen molar-refractivity contribution in [3.8, 4) is 0 Å². The van der Waals surface area contributed by atoms with Gasteiger partial charge in [0.2, 0.25) is 5.91 Å². The fraction of sp³-hybridized carbons (Fsp3) is 0.417. The number of amides is 1. The van der Waals surface area contributed by atoms with Crippen LogP contribution in [-0.2, 0) is 4.79 Å². The van der Waals surface area contributed by atoms with Gasteiger partial charge < -0.3 is 5.32 Å². The molecule has 0 saturated carbocycles. The molecule has 1 aromatic rings. The van der Waals surface area contributed by atoms with Gasteiger partial charge in [0.05, 0.1) is 16.7 Å². The Morgan fingerprint density at radius 1 is 1.50 bits per heavy atom. The number of nitrogens with one attached hydrogen (secondary N) is 1. The van der Waals surface area contributed by atoms with Gasteiger partial charge in [-0.3, -0.25) is 14.9 Å². The number of benzene rings is 1. The zero-order valence-electron chi connectivity index (χ0n) is 10.1. The number of hydrogen-bond donors (Lipinski definition) is 1. The zero-order chi connectivity index (χ0) is 13.4. The van der Waals surface area contributed by atoms with E-state index >= 15 is 0 Å². The summed E-state index contributed by atoms with van der Waals surface area (Å²) in [5.41, 5.74) is 0.278. The SMILES string of the molecule is CCC1C(=O)Nc2c(F)cc([N+](=O)[O-])cc2C1C. The highest BCUT2D eigenvalue weighted by Gasteiger charge is 2.34. The van der Waals surface area contributed by atoms with Gasteiger partial charge in [0.1, 0.15) is 0 Å². The second kappa shape index (κ2) is 4.36. The molecular weight excluding hydrogens is 239 g/mol. The minimum absolute atomic E-state index is 0.0720. The first kappa shape index (κ1) is 12.5. The average molecular weight is 252 g/mol. The second-order valence-electron chi connectivity index (χ2n) is 4.44. The predicted octanol–water partition coefficient (Wildman–Crippen LogP) is 2.82. The molecule has 1 amide bonds. The number of nitrogens with zero attached hydrogens (tertiary/aromatic N) is 1. The molecule has 0 fully saturated rings. The van der Waals surface area contributed by atoms with E-state index in [9.17, 15) is 19.3 Å². The fourth-order valence-electron chi connectivity index (χ4n) is 2.41. The Balaban J connectivity index is 2.57. The van der Waals surface area contributed by atoms with Gasteiger partial charge in [0.15, 0.2) is 5.82 Å². The molecule has 0 radical (unpaired) electrons. The van der Waals surface area contributed by atoms with Crippen molar-refractivity contribution in [3.05, 3.63) is 33.6 Å². The lowest BCUT2D eigenvalue weighted by Gasteiger charge is -2.30. The Morgan fingerprint density at radius 2 is 2.17 bits per heavy atom. The topological polar surface area (TPSA) is 72.2 Å². The van der Waals surface area contributed by atoms with E-state index in [1.807, 2.05) is 6.92 Å². The number of anilines is 1. The third-order valence-electron chi connectivity index (χ3n) is 3.44. The number of nitro benzene ring substituents is 1. The number of fused-ring (bicyclic) bond motifs is 1. The number of carbonyl (C=O) groups excluding carboxylic acids is 1. The molecule has 5 nitrogen and oxygen atoms in total. The third-order valence-corrected chi connectivity index (χ3v) is 3.44. The summed E-state index contributed by atoms with van der Waals surface area (Å²) in [6.07, 6.45) is 0.608. The highest BCUT2D eigenvalue weighted by atomic mass is 19.1. The van der Waals surface area contributed by atoms with Gasteiger partial charge in [-0.1, -0.05) is 13.8 Å². The van der Waals surface area contributed by atoms with E-state index in [1.165, 1.54) is 6.07 Å². The number of hydrogen-bond acceptors (Lipinski definition) is 3. The van der Waals surface area contributed by atoms with Gasteiger partial charge in [0.25, 0.3) is 5.69 Å². The summed E-state index contributed by atoms with van der Waals surface area (Å²) in [6, 6.07) is 2.17. The van der Waals surface area contributed by atoms with Crippen LogP contribution in [-0.4, -0.2) is 10.8 Å². The molecule has 1 heterocycles. The summed E-state index contributed by atoms with van der Waals surface area (Å²) in [5.74, 6) is -1.49. The third kappa shape index (κ3) is 1.83. The van der Waals surface area contributed by atoms with Crippen LogP contribution in [0.25, 0.3) is 0 Å². The van der Waals surface area contributed by atoms with E-state index in [-0.39, 0.29) is 29.1 Å². The van der Waals surface area contributed by atoms with Crippen LogP contribution >= 0.6 is 0 Å². The molecule has 0 aliphatic carbocycles. The van der Waals surface area contributed by atoms with E-state index in [4.69, 9.17) is 0 Å². The predicted molar refractivity (Wildman–Crippen MR) is 63.9 cm³/mol. The smallest absolute Gasteiger partial charge is 0.272 e. The molecule has 18 heavy (non-hydrogen) atoms. The van der Waals surface area contributed by atoms with Crippen molar-refractivity contribution in [2.24, 2.45) is 5.92 Å². The number of halogens is 1. The van der Waals surface area contributed by atoms with E-state index in [2.05, 4.69) is 5.32 Å². The normalized spacial score (nSPS) is 22.3. The van der Waals surface area contributed by atoms with E-state index in [1.54, 1.807) is 6.92 Å². The summed E-state index contributed by atoms with van der Waals surface area (Å²) in [5, 5.41) is 13.2. The standard InChI is InChI=1S/C12H13FN2O3/c1-3-8-6(2)9-4-7(15(17)18)5-10(13)11(9)14-12(8)16/h4-6,8H,3H2,1-2H3,(H,14,16). The van der Waals surface area contributed by atoms with Gasteiger partial charge in [-0.25, -0.2) is 4.39 Å². The molecule has 1 aliphatic rings. The maximum atomic E-state index is 13.8. The van der Waals surface area contributed by atoms with Crippen LogP contribution in [0.2, 0.25) is 0 Å². The summed E-state index contributed by atoms with van der Waals surface area (Å²) in [4.78, 5) is 21.8. The van der Waals surface area contributed by atoms with Gasteiger partial charge in [-0.2, -0.15) is 0 Å². The Kier molecular flexibility index (Phi) is 3.02. The zero-order valence-corrected chi connectivity index (χ0v) is 10.1. The molecule has 0 bridgehead atoms. The van der Waals surface area contributed by atoms with Crippen LogP contribution in [0.15, 0.2) is 12.1 Å². The van der Waals surface area contributed by atoms with Crippen LogP contribution in [0.5, 0.6) is 0 Å². The number of nitro groups is 1. The molecule has 1 aliphatic heterocycles. The molecule has 2 rings (SSSR count). The van der Waals surface area contributed by atoms with Crippen LogP contribution < -0.4 is 5.32 Å². The van der Waals surface area contributed by atoms with Crippen LogP contribution in [0.4, 0.5) is 15.8 Å². The number of carbonyl (C=O) groups is 1. The summed E-state index contributed by atoms with van der Waals surface area (Å²) in [6.45, 7) is 3.65. The summed E-state index contributed by atoms with van der Waals surface area (Å²) < 4.78 is 13.8. The van der Waals surface area contributed by atoms with Gasteiger partial charge in [0, 0.05) is 12.0 Å². The largest absolute Gasteiger partial charge is 0.323 e. The molecule has 0 aromatic heterocycles. The van der Waals surface area contributed by atoms with Crippen molar-refractivity contribution >= 4 is 17.3 Å². The van der Waals surface area contributed by atoms with Crippen molar-refractivity contribution in [1.82, 2.24) is 0 Å². The Bertz CT molecular complexity index is 530. The highest BCUT2D eigenvalue weighted by Crippen LogP contribution is 2.40. The highest BCUT2D eigenvalue weighted by molar-refractivity contribution is 5.96. The van der Waals surface area contributed by atoms with E-state index in [0.717, 1.165) is 6.07 Å². The van der Waals surface area contributed by atoms with Crippen molar-refractivity contribution in [2.75, 3.05) is 5.32 Å². The maximum Gasteiger partial charge on any atom is 0.272 e. The molecule has 2 unspecified atom stereocenters. The van der Waals surface area contributed by atoms with Crippen molar-refractivity contribution in [2.45, 2.75) is 26.2 Å². The van der Waals surface area contributed by atoms with Gasteiger partial charge >= 0.3 is 0 Å². The summed E-state index contributed by atoms with van der Waals surface area (Å²) in [7, 11) is 0. The van der Waals surface area contributed by atoms with E-state index < -0.39 is 10.7 Å². The number of rotatable bonds is 2. The van der Waals surface area contributed by atoms with Gasteiger partial charge in [-0.05, 0) is 17.9 Å². The quantitative estimate of drug-likeness (QED) is 0.649. The average Bonchev–Trinajstić information content (AvgIpc) is 2.30. The molecule has 1 aromatic carbocycles. The fourth-order valence-corrected chi connectivity index (χ4v) is 2.41. The van der Waals surface area contributed by atoms with E-state index in [0.29, 0.717) is 12.0 Å². The molecule has 2 atom stereocenters. The first-order valence-electron chi connectivity index (χ1n) is 5.74. The lowest BCUT2D eigenvalue weighted by molar-refractivity contribution is -0.385. The monoisotopic (exact) mass is 252 g/mol. The van der Waals surface area contributed by atoms with Gasteiger partial charge in [-0.15, -0.1) is 0 Å². The molecule has 1 N–H and O–H groups in total. The molecule has 6 heteroatoms. The maximum absolute atomic E-state index is 13.8. The lowest BCUT2D eigenvalue weighted by atomic mass is 9.81. The number of non-ortho nitro benzene ring substituents is 1. The molecule has 96 valence electrons. The summed E-state index contributed by atoms with van der Waals surface area (Å²) >= 11 is 0. The minimum Gasteiger partial charge on any atom is -0.323 e. The first-order chi connectivity index (χ1) is 8.45. The van der Waals surface area contributed by atoms with Crippen molar-refractivity contribution in [1.29, 1.82) is 0 Å². The molecular formula is C12H13FN2O3. The molecule has 0 saturated heterocycles.